The highest BCUT2D eigenvalue weighted by Gasteiger charge is 2.24. The van der Waals surface area contributed by atoms with Crippen LogP contribution in [0.5, 0.6) is 0 Å². The van der Waals surface area contributed by atoms with Crippen molar-refractivity contribution in [2.75, 3.05) is 32.8 Å². The highest BCUT2D eigenvalue weighted by atomic mass is 16.7. The molecule has 4 heteroatoms. The Morgan fingerprint density at radius 2 is 2.21 bits per heavy atom. The molecule has 4 nitrogen and oxygen atoms in total. The Kier molecular flexibility index (Phi) is 3.75. The van der Waals surface area contributed by atoms with E-state index < -0.39 is 0 Å². The van der Waals surface area contributed by atoms with Crippen molar-refractivity contribution in [2.45, 2.75) is 31.7 Å². The molecule has 0 spiro atoms. The fraction of sp³-hybridized carbons (Fsp3) is 1.00. The molecule has 0 aromatic heterocycles. The predicted octanol–water partition coefficient (Wildman–Crippen LogP) is 0.206. The average molecular weight is 201 g/mol. The van der Waals surface area contributed by atoms with Gasteiger partial charge in [0.05, 0.1) is 12.7 Å². The van der Waals surface area contributed by atoms with Crippen molar-refractivity contribution in [1.29, 1.82) is 0 Å². The van der Waals surface area contributed by atoms with E-state index >= 15 is 0 Å². The monoisotopic (exact) mass is 201 g/mol. The molecule has 2 heterocycles. The molecule has 1 atom stereocenters. The fourth-order valence-corrected chi connectivity index (χ4v) is 1.88. The van der Waals surface area contributed by atoms with E-state index in [4.69, 9.17) is 14.6 Å². The molecule has 0 radical (unpaired) electrons. The van der Waals surface area contributed by atoms with E-state index in [0.717, 1.165) is 45.7 Å². The quantitative estimate of drug-likeness (QED) is 0.706. The van der Waals surface area contributed by atoms with Gasteiger partial charge in [0, 0.05) is 26.2 Å². The number of hydrogen-bond donors (Lipinski definition) is 1. The SMILES string of the molecule is OC1CN(CCOC2CCCCO2)C1. The molecule has 1 N–H and O–H groups in total. The van der Waals surface area contributed by atoms with E-state index in [-0.39, 0.29) is 12.4 Å². The van der Waals surface area contributed by atoms with Gasteiger partial charge in [-0.1, -0.05) is 0 Å². The summed E-state index contributed by atoms with van der Waals surface area (Å²) in [5.41, 5.74) is 0. The highest BCUT2D eigenvalue weighted by molar-refractivity contribution is 4.78. The number of β-amino-alcohol motifs (C(OH)–C–C–N with tert-alkyl or cyclic N) is 1. The fourth-order valence-electron chi connectivity index (χ4n) is 1.88. The number of aliphatic hydroxyl groups excluding tert-OH is 1. The van der Waals surface area contributed by atoms with Gasteiger partial charge in [0.15, 0.2) is 6.29 Å². The number of ether oxygens (including phenoxy) is 2. The summed E-state index contributed by atoms with van der Waals surface area (Å²) in [7, 11) is 0. The molecular weight excluding hydrogens is 182 g/mol. The summed E-state index contributed by atoms with van der Waals surface area (Å²) in [6.07, 6.45) is 3.32. The van der Waals surface area contributed by atoms with Gasteiger partial charge in [-0.25, -0.2) is 0 Å². The molecule has 2 fully saturated rings. The standard InChI is InChI=1S/C10H19NO3/c12-9-7-11(8-9)4-6-14-10-3-1-2-5-13-10/h9-10,12H,1-8H2. The Balaban J connectivity index is 1.50. The lowest BCUT2D eigenvalue weighted by Crippen LogP contribution is -2.51. The lowest BCUT2D eigenvalue weighted by Gasteiger charge is -2.36. The molecule has 0 aromatic carbocycles. The second-order valence-corrected chi connectivity index (χ2v) is 4.08. The zero-order valence-corrected chi connectivity index (χ0v) is 8.52. The van der Waals surface area contributed by atoms with E-state index in [1.54, 1.807) is 0 Å². The van der Waals surface area contributed by atoms with Crippen molar-refractivity contribution in [2.24, 2.45) is 0 Å². The maximum absolute atomic E-state index is 9.06. The number of rotatable bonds is 4. The van der Waals surface area contributed by atoms with E-state index in [2.05, 4.69) is 4.90 Å². The van der Waals surface area contributed by atoms with Crippen molar-refractivity contribution >= 4 is 0 Å². The van der Waals surface area contributed by atoms with Crippen LogP contribution in [0.1, 0.15) is 19.3 Å². The van der Waals surface area contributed by atoms with Crippen molar-refractivity contribution < 1.29 is 14.6 Å². The second-order valence-electron chi connectivity index (χ2n) is 4.08. The van der Waals surface area contributed by atoms with Crippen LogP contribution in [0.2, 0.25) is 0 Å². The van der Waals surface area contributed by atoms with Gasteiger partial charge in [-0.3, -0.25) is 4.90 Å². The lowest BCUT2D eigenvalue weighted by atomic mass is 10.2. The predicted molar refractivity (Wildman–Crippen MR) is 52.0 cm³/mol. The lowest BCUT2D eigenvalue weighted by molar-refractivity contribution is -0.167. The van der Waals surface area contributed by atoms with E-state index in [1.807, 2.05) is 0 Å². The van der Waals surface area contributed by atoms with Gasteiger partial charge in [0.1, 0.15) is 0 Å². The maximum atomic E-state index is 9.06. The Labute approximate surface area is 84.8 Å². The first-order valence-corrected chi connectivity index (χ1v) is 5.48. The van der Waals surface area contributed by atoms with Crippen molar-refractivity contribution in [3.8, 4) is 0 Å². The van der Waals surface area contributed by atoms with Gasteiger partial charge < -0.3 is 14.6 Å². The number of aliphatic hydroxyl groups is 1. The molecule has 2 saturated heterocycles. The molecule has 14 heavy (non-hydrogen) atoms. The third kappa shape index (κ3) is 2.92. The minimum atomic E-state index is -0.110. The van der Waals surface area contributed by atoms with Crippen LogP contribution < -0.4 is 0 Å². The Bertz CT molecular complexity index is 165. The molecular formula is C10H19NO3. The molecule has 2 aliphatic heterocycles. The van der Waals surface area contributed by atoms with E-state index in [1.165, 1.54) is 6.42 Å². The number of nitrogens with zero attached hydrogens (tertiary/aromatic N) is 1. The maximum Gasteiger partial charge on any atom is 0.157 e. The topological polar surface area (TPSA) is 41.9 Å². The first-order valence-electron chi connectivity index (χ1n) is 5.48. The van der Waals surface area contributed by atoms with Crippen molar-refractivity contribution in [3.05, 3.63) is 0 Å². The van der Waals surface area contributed by atoms with Gasteiger partial charge in [-0.05, 0) is 19.3 Å². The first kappa shape index (κ1) is 10.4. The van der Waals surface area contributed by atoms with Crippen LogP contribution in [0.4, 0.5) is 0 Å². The third-order valence-corrected chi connectivity index (χ3v) is 2.79. The molecule has 0 aliphatic carbocycles. The Morgan fingerprint density at radius 3 is 2.86 bits per heavy atom. The first-order chi connectivity index (χ1) is 6.84. The van der Waals surface area contributed by atoms with Gasteiger partial charge in [0.25, 0.3) is 0 Å². The molecule has 2 aliphatic rings. The van der Waals surface area contributed by atoms with E-state index in [0.29, 0.717) is 0 Å². The molecule has 0 bridgehead atoms. The second kappa shape index (κ2) is 5.07. The molecule has 0 saturated carbocycles. The van der Waals surface area contributed by atoms with Crippen molar-refractivity contribution in [1.82, 2.24) is 4.90 Å². The number of hydrogen-bond acceptors (Lipinski definition) is 4. The van der Waals surface area contributed by atoms with Crippen LogP contribution in [0, 0.1) is 0 Å². The van der Waals surface area contributed by atoms with Crippen LogP contribution in [-0.4, -0.2) is 55.2 Å². The number of likely N-dealkylation sites (tertiary alicyclic amines) is 1. The minimum Gasteiger partial charge on any atom is -0.390 e. The van der Waals surface area contributed by atoms with Gasteiger partial charge in [-0.15, -0.1) is 0 Å². The smallest absolute Gasteiger partial charge is 0.157 e. The average Bonchev–Trinajstić information content (AvgIpc) is 2.17. The summed E-state index contributed by atoms with van der Waals surface area (Å²) < 4.78 is 11.0. The summed E-state index contributed by atoms with van der Waals surface area (Å²) in [5, 5.41) is 9.06. The van der Waals surface area contributed by atoms with Crippen LogP contribution in [-0.2, 0) is 9.47 Å². The largest absolute Gasteiger partial charge is 0.390 e. The van der Waals surface area contributed by atoms with Gasteiger partial charge >= 0.3 is 0 Å². The zero-order valence-electron chi connectivity index (χ0n) is 8.52. The molecule has 2 rings (SSSR count). The van der Waals surface area contributed by atoms with Crippen LogP contribution >= 0.6 is 0 Å². The normalized spacial score (nSPS) is 30.2. The van der Waals surface area contributed by atoms with Crippen LogP contribution in [0.25, 0.3) is 0 Å². The third-order valence-electron chi connectivity index (χ3n) is 2.79. The summed E-state index contributed by atoms with van der Waals surface area (Å²) in [6, 6.07) is 0. The van der Waals surface area contributed by atoms with Gasteiger partial charge in [0.2, 0.25) is 0 Å². The Hall–Kier alpha value is -0.160. The highest BCUT2D eigenvalue weighted by Crippen LogP contribution is 2.14. The summed E-state index contributed by atoms with van der Waals surface area (Å²) in [4.78, 5) is 2.19. The van der Waals surface area contributed by atoms with Crippen LogP contribution in [0.3, 0.4) is 0 Å². The minimum absolute atomic E-state index is 0.0231. The van der Waals surface area contributed by atoms with Crippen LogP contribution in [0.15, 0.2) is 0 Å². The summed E-state index contributed by atoms with van der Waals surface area (Å²) >= 11 is 0. The molecule has 0 amide bonds. The molecule has 0 aromatic rings. The summed E-state index contributed by atoms with van der Waals surface area (Å²) in [6.45, 7) is 4.07. The molecule has 1 unspecified atom stereocenters. The van der Waals surface area contributed by atoms with E-state index in [9.17, 15) is 0 Å². The molecule has 82 valence electrons. The summed E-state index contributed by atoms with van der Waals surface area (Å²) in [5.74, 6) is 0. The zero-order chi connectivity index (χ0) is 9.80. The van der Waals surface area contributed by atoms with Crippen molar-refractivity contribution in [3.63, 3.8) is 0 Å². The van der Waals surface area contributed by atoms with Gasteiger partial charge in [-0.2, -0.15) is 0 Å². The Morgan fingerprint density at radius 1 is 1.36 bits per heavy atom.